The van der Waals surface area contributed by atoms with Gasteiger partial charge in [0.05, 0.1) is 0 Å². The van der Waals surface area contributed by atoms with Crippen molar-refractivity contribution in [1.29, 1.82) is 0 Å². The summed E-state index contributed by atoms with van der Waals surface area (Å²) < 4.78 is 0. The topological polar surface area (TPSA) is 90.5 Å². The Labute approximate surface area is 148 Å². The fourth-order valence-electron chi connectivity index (χ4n) is 2.75. The maximum Gasteiger partial charge on any atom is 0.319 e. The normalized spacial score (nSPS) is 15.2. The average molecular weight is 346 g/mol. The minimum absolute atomic E-state index is 0.0284. The van der Waals surface area contributed by atoms with Crippen LogP contribution in [0.5, 0.6) is 0 Å². The van der Waals surface area contributed by atoms with Gasteiger partial charge in [-0.2, -0.15) is 0 Å². The minimum Gasteiger partial charge on any atom is -0.348 e. The summed E-state index contributed by atoms with van der Waals surface area (Å²) in [5.41, 5.74) is 1.01. The number of carbonyl (C=O) groups is 3. The minimum atomic E-state index is -0.312. The highest BCUT2D eigenvalue weighted by Crippen LogP contribution is 2.12. The number of likely N-dealkylation sites (tertiary alicyclic amines) is 1. The summed E-state index contributed by atoms with van der Waals surface area (Å²) in [6, 6.07) is 6.33. The SMILES string of the molecule is CC(C)NC(=O)Nc1cccc(C(=O)NC(C)CN2CCCC2=O)c1. The molecule has 1 atom stereocenters. The number of benzene rings is 1. The van der Waals surface area contributed by atoms with Crippen LogP contribution in [0.3, 0.4) is 0 Å². The number of hydrogen-bond acceptors (Lipinski definition) is 3. The predicted octanol–water partition coefficient (Wildman–Crippen LogP) is 1.96. The van der Waals surface area contributed by atoms with Crippen molar-refractivity contribution in [2.24, 2.45) is 0 Å². The van der Waals surface area contributed by atoms with Gasteiger partial charge >= 0.3 is 6.03 Å². The molecular weight excluding hydrogens is 320 g/mol. The largest absolute Gasteiger partial charge is 0.348 e. The van der Waals surface area contributed by atoms with Gasteiger partial charge in [-0.3, -0.25) is 9.59 Å². The Morgan fingerprint density at radius 2 is 1.96 bits per heavy atom. The van der Waals surface area contributed by atoms with E-state index in [1.807, 2.05) is 20.8 Å². The van der Waals surface area contributed by atoms with Gasteiger partial charge in [0, 0.05) is 42.8 Å². The first-order valence-electron chi connectivity index (χ1n) is 8.61. The highest BCUT2D eigenvalue weighted by Gasteiger charge is 2.22. The van der Waals surface area contributed by atoms with Crippen molar-refractivity contribution in [1.82, 2.24) is 15.5 Å². The fraction of sp³-hybridized carbons (Fsp3) is 0.500. The molecule has 0 radical (unpaired) electrons. The number of urea groups is 1. The second kappa shape index (κ2) is 8.50. The quantitative estimate of drug-likeness (QED) is 0.735. The Kier molecular flexibility index (Phi) is 6.38. The molecule has 1 fully saturated rings. The molecule has 2 rings (SSSR count). The molecule has 1 aromatic carbocycles. The third kappa shape index (κ3) is 5.77. The molecule has 4 amide bonds. The molecular formula is C18H26N4O3. The van der Waals surface area contributed by atoms with Gasteiger partial charge in [0.2, 0.25) is 5.91 Å². The van der Waals surface area contributed by atoms with E-state index in [9.17, 15) is 14.4 Å². The van der Waals surface area contributed by atoms with Crippen LogP contribution in [-0.4, -0.2) is 47.9 Å². The smallest absolute Gasteiger partial charge is 0.319 e. The van der Waals surface area contributed by atoms with Crippen LogP contribution in [0.4, 0.5) is 10.5 Å². The van der Waals surface area contributed by atoms with Gasteiger partial charge in [-0.25, -0.2) is 4.79 Å². The van der Waals surface area contributed by atoms with E-state index in [-0.39, 0.29) is 29.9 Å². The van der Waals surface area contributed by atoms with E-state index >= 15 is 0 Å². The first-order chi connectivity index (χ1) is 11.8. The average Bonchev–Trinajstić information content (AvgIpc) is 2.91. The van der Waals surface area contributed by atoms with Crippen molar-refractivity contribution in [3.05, 3.63) is 29.8 Å². The van der Waals surface area contributed by atoms with Gasteiger partial charge in [0.25, 0.3) is 5.91 Å². The maximum atomic E-state index is 12.4. The van der Waals surface area contributed by atoms with Crippen LogP contribution in [0.1, 0.15) is 44.0 Å². The van der Waals surface area contributed by atoms with Gasteiger partial charge in [-0.15, -0.1) is 0 Å². The molecule has 0 saturated carbocycles. The van der Waals surface area contributed by atoms with Crippen LogP contribution in [0, 0.1) is 0 Å². The van der Waals surface area contributed by atoms with E-state index in [1.165, 1.54) is 0 Å². The summed E-state index contributed by atoms with van der Waals surface area (Å²) in [4.78, 5) is 37.6. The Balaban J connectivity index is 1.91. The first kappa shape index (κ1) is 18.8. The molecule has 1 saturated heterocycles. The van der Waals surface area contributed by atoms with E-state index in [2.05, 4.69) is 16.0 Å². The van der Waals surface area contributed by atoms with Gasteiger partial charge in [0.15, 0.2) is 0 Å². The third-order valence-electron chi connectivity index (χ3n) is 3.85. The van der Waals surface area contributed by atoms with Gasteiger partial charge in [-0.1, -0.05) is 6.07 Å². The molecule has 7 nitrogen and oxygen atoms in total. The van der Waals surface area contributed by atoms with Crippen LogP contribution < -0.4 is 16.0 Å². The van der Waals surface area contributed by atoms with Crippen LogP contribution in [0.15, 0.2) is 24.3 Å². The molecule has 0 aromatic heterocycles. The highest BCUT2D eigenvalue weighted by atomic mass is 16.2. The summed E-state index contributed by atoms with van der Waals surface area (Å²) in [6.07, 6.45) is 1.47. The zero-order chi connectivity index (χ0) is 18.4. The van der Waals surface area contributed by atoms with E-state index in [0.717, 1.165) is 13.0 Å². The Morgan fingerprint density at radius 1 is 1.20 bits per heavy atom. The monoisotopic (exact) mass is 346 g/mol. The van der Waals surface area contributed by atoms with Crippen LogP contribution in [0.25, 0.3) is 0 Å². The van der Waals surface area contributed by atoms with Crippen LogP contribution in [-0.2, 0) is 4.79 Å². The molecule has 1 aliphatic heterocycles. The number of carbonyl (C=O) groups excluding carboxylic acids is 3. The van der Waals surface area contributed by atoms with Gasteiger partial charge in [-0.05, 0) is 45.4 Å². The van der Waals surface area contributed by atoms with Crippen LogP contribution >= 0.6 is 0 Å². The zero-order valence-corrected chi connectivity index (χ0v) is 15.0. The number of anilines is 1. The summed E-state index contributed by atoms with van der Waals surface area (Å²) in [6.45, 7) is 6.89. The van der Waals surface area contributed by atoms with Crippen molar-refractivity contribution in [2.75, 3.05) is 18.4 Å². The summed E-state index contributed by atoms with van der Waals surface area (Å²) in [5, 5.41) is 8.33. The molecule has 7 heteroatoms. The number of amides is 4. The van der Waals surface area contributed by atoms with E-state index in [1.54, 1.807) is 29.2 Å². The maximum absolute atomic E-state index is 12.4. The second-order valence-corrected chi connectivity index (χ2v) is 6.65. The molecule has 0 bridgehead atoms. The van der Waals surface area contributed by atoms with Crippen LogP contribution in [0.2, 0.25) is 0 Å². The lowest BCUT2D eigenvalue weighted by Gasteiger charge is -2.21. The summed E-state index contributed by atoms with van der Waals surface area (Å²) in [7, 11) is 0. The third-order valence-corrected chi connectivity index (χ3v) is 3.85. The molecule has 0 aliphatic carbocycles. The molecule has 0 spiro atoms. The lowest BCUT2D eigenvalue weighted by atomic mass is 10.1. The predicted molar refractivity (Wildman–Crippen MR) is 96.5 cm³/mol. The molecule has 136 valence electrons. The number of rotatable bonds is 6. The molecule has 1 heterocycles. The lowest BCUT2D eigenvalue weighted by Crippen LogP contribution is -2.42. The Hall–Kier alpha value is -2.57. The molecule has 3 N–H and O–H groups in total. The number of nitrogens with one attached hydrogen (secondary N) is 3. The molecule has 25 heavy (non-hydrogen) atoms. The zero-order valence-electron chi connectivity index (χ0n) is 15.0. The van der Waals surface area contributed by atoms with E-state index in [4.69, 9.17) is 0 Å². The van der Waals surface area contributed by atoms with Crippen molar-refractivity contribution in [2.45, 2.75) is 45.7 Å². The first-order valence-corrected chi connectivity index (χ1v) is 8.61. The molecule has 1 aliphatic rings. The number of nitrogens with zero attached hydrogens (tertiary/aromatic N) is 1. The number of hydrogen-bond donors (Lipinski definition) is 3. The van der Waals surface area contributed by atoms with Crippen molar-refractivity contribution in [3.8, 4) is 0 Å². The molecule has 1 aromatic rings. The standard InChI is InChI=1S/C18H26N4O3/c1-12(2)19-18(25)21-15-7-4-6-14(10-15)17(24)20-13(3)11-22-9-5-8-16(22)23/h4,6-7,10,12-13H,5,8-9,11H2,1-3H3,(H,20,24)(H2,19,21,25). The lowest BCUT2D eigenvalue weighted by molar-refractivity contribution is -0.127. The van der Waals surface area contributed by atoms with Gasteiger partial charge in [0.1, 0.15) is 0 Å². The second-order valence-electron chi connectivity index (χ2n) is 6.65. The fourth-order valence-corrected chi connectivity index (χ4v) is 2.75. The Morgan fingerprint density at radius 3 is 2.60 bits per heavy atom. The summed E-state index contributed by atoms with van der Waals surface area (Å²) in [5.74, 6) is -0.0875. The summed E-state index contributed by atoms with van der Waals surface area (Å²) >= 11 is 0. The van der Waals surface area contributed by atoms with Crippen molar-refractivity contribution >= 4 is 23.5 Å². The Bertz CT molecular complexity index is 645. The molecule has 1 unspecified atom stereocenters. The van der Waals surface area contributed by atoms with Crippen molar-refractivity contribution in [3.63, 3.8) is 0 Å². The van der Waals surface area contributed by atoms with E-state index < -0.39 is 0 Å². The highest BCUT2D eigenvalue weighted by molar-refractivity contribution is 5.97. The van der Waals surface area contributed by atoms with Crippen molar-refractivity contribution < 1.29 is 14.4 Å². The van der Waals surface area contributed by atoms with Gasteiger partial charge < -0.3 is 20.9 Å². The van der Waals surface area contributed by atoms with E-state index in [0.29, 0.717) is 24.2 Å².